The molecule has 13 rings (SSSR count). The number of esters is 2. The number of ketones is 2. The van der Waals surface area contributed by atoms with Gasteiger partial charge in [-0.05, 0) is 153 Å². The molecule has 3 N–H and O–H groups in total. The molecule has 3 aliphatic heterocycles. The molecule has 67 heavy (non-hydrogen) atoms. The van der Waals surface area contributed by atoms with Crippen LogP contribution in [0, 0.1) is 17.3 Å². The van der Waals surface area contributed by atoms with Crippen molar-refractivity contribution < 1.29 is 48.7 Å². The third-order valence-electron chi connectivity index (χ3n) is 18.5. The highest BCUT2D eigenvalue weighted by Gasteiger charge is 2.74. The molecule has 4 saturated carbocycles. The molecule has 7 aliphatic carbocycles. The van der Waals surface area contributed by atoms with Gasteiger partial charge in [0.15, 0.2) is 29.2 Å². The molecule has 9 atom stereocenters. The van der Waals surface area contributed by atoms with Crippen LogP contribution in [-0.4, -0.2) is 116 Å². The maximum absolute atomic E-state index is 13.5. The standard InChI is InChI=1S/C55H60N2O10/c58-39-17-19-54(63)43-27-37-11-13-41(47(37)52(54,50(39)62)21-23-56(43)29-33-1-2-33)65-45(60)15-7-31-5-9-36-26-32(6-10-35(36)25-31)8-16-46(61)66-42-14-12-38-28-44-55(64)20-18-40(59)51-53(55,48(38)49(42)67-51)22-24-57(44)30-34-3-4-34/h5-6,9-14,25-26,33-34,41,43-44,50-51,62-64H,1-4,7-8,15-24,27-30H2/t41?,43-,44-,50+,51+,52+,53+,54-,55-/m1/s1. The average molecular weight is 909 g/mol. The number of hydrogen-bond acceptors (Lipinski definition) is 12. The monoisotopic (exact) mass is 908 g/mol. The molecule has 6 fully saturated rings. The van der Waals surface area contributed by atoms with Crippen LogP contribution in [-0.2, 0) is 48.6 Å². The van der Waals surface area contributed by atoms with Gasteiger partial charge in [-0.25, -0.2) is 0 Å². The van der Waals surface area contributed by atoms with Crippen molar-refractivity contribution in [3.63, 3.8) is 0 Å². The van der Waals surface area contributed by atoms with Gasteiger partial charge in [-0.2, -0.15) is 0 Å². The molecule has 10 aliphatic rings. The quantitative estimate of drug-likeness (QED) is 0.154. The summed E-state index contributed by atoms with van der Waals surface area (Å²) in [6.45, 7) is 3.42. The first-order valence-corrected chi connectivity index (χ1v) is 25.2. The van der Waals surface area contributed by atoms with Gasteiger partial charge >= 0.3 is 11.9 Å². The molecule has 12 heteroatoms. The van der Waals surface area contributed by atoms with Gasteiger partial charge in [0.2, 0.25) is 0 Å². The highest BCUT2D eigenvalue weighted by molar-refractivity contribution is 5.91. The predicted octanol–water partition coefficient (Wildman–Crippen LogP) is 5.55. The van der Waals surface area contributed by atoms with Gasteiger partial charge in [-0.15, -0.1) is 0 Å². The minimum atomic E-state index is -1.34. The van der Waals surface area contributed by atoms with Crippen LogP contribution >= 0.6 is 0 Å². The topological polar surface area (TPSA) is 163 Å². The number of nitrogens with zero attached hydrogens (tertiary/aromatic N) is 2. The number of piperidine rings is 2. The Labute approximate surface area is 390 Å². The van der Waals surface area contributed by atoms with Crippen molar-refractivity contribution >= 4 is 34.3 Å². The summed E-state index contributed by atoms with van der Waals surface area (Å²) < 4.78 is 18.7. The number of aliphatic hydroxyl groups excluding tert-OH is 1. The number of ether oxygens (including phenoxy) is 3. The predicted molar refractivity (Wildman–Crippen MR) is 245 cm³/mol. The van der Waals surface area contributed by atoms with E-state index < -0.39 is 46.3 Å². The second-order valence-corrected chi connectivity index (χ2v) is 22.1. The molecule has 3 aromatic carbocycles. The van der Waals surface area contributed by atoms with E-state index in [2.05, 4.69) is 21.9 Å². The number of rotatable bonds is 12. The van der Waals surface area contributed by atoms with Crippen LogP contribution in [0.25, 0.3) is 10.8 Å². The summed E-state index contributed by atoms with van der Waals surface area (Å²) in [5, 5.41) is 38.8. The first-order chi connectivity index (χ1) is 32.4. The van der Waals surface area contributed by atoms with Gasteiger partial charge in [-0.1, -0.05) is 48.5 Å². The zero-order chi connectivity index (χ0) is 45.6. The summed E-state index contributed by atoms with van der Waals surface area (Å²) in [6, 6.07) is 15.8. The van der Waals surface area contributed by atoms with Gasteiger partial charge in [0, 0.05) is 56.4 Å². The lowest BCUT2D eigenvalue weighted by Crippen LogP contribution is -2.76. The maximum Gasteiger partial charge on any atom is 0.311 e. The van der Waals surface area contributed by atoms with E-state index >= 15 is 0 Å². The van der Waals surface area contributed by atoms with E-state index in [9.17, 15) is 34.5 Å². The Balaban J connectivity index is 0.654. The Bertz CT molecular complexity index is 2720. The molecule has 3 aromatic rings. The molecule has 4 bridgehead atoms. The molecule has 0 aromatic heterocycles. The molecule has 1 unspecified atom stereocenters. The van der Waals surface area contributed by atoms with Crippen molar-refractivity contribution in [3.8, 4) is 11.5 Å². The molecule has 0 radical (unpaired) electrons. The van der Waals surface area contributed by atoms with E-state index in [1.165, 1.54) is 25.7 Å². The summed E-state index contributed by atoms with van der Waals surface area (Å²) in [7, 11) is 0. The number of fused-ring (bicyclic) bond motifs is 1. The van der Waals surface area contributed by atoms with Crippen LogP contribution in [0.5, 0.6) is 11.5 Å². The SMILES string of the molecule is O=C(CCc1ccc2cc(CCC(=O)OC3C=CC4=C3[C@]35CCN(CC6CC6)[C@H](C4)[C@]3(O)CCC(=O)[C@@H]5O)ccc2c1)Oc1ccc2c3c1O[C@H]1C(=O)CC[C@@]4(O)[C@@H](C2)N(CC2CC2)CC[C@]314. The number of likely N-dealkylation sites (tertiary alicyclic amines) is 2. The van der Waals surface area contributed by atoms with E-state index in [-0.39, 0.29) is 55.3 Å². The Hall–Kier alpha value is -4.72. The lowest BCUT2D eigenvalue weighted by molar-refractivity contribution is -0.222. The minimum Gasteiger partial charge on any atom is -0.477 e. The molecule has 2 saturated heterocycles. The zero-order valence-electron chi connectivity index (χ0n) is 38.1. The molecule has 0 amide bonds. The first kappa shape index (κ1) is 42.4. The van der Waals surface area contributed by atoms with Crippen LogP contribution in [0.2, 0.25) is 0 Å². The fraction of sp³-hybridized carbons (Fsp3) is 0.564. The second-order valence-electron chi connectivity index (χ2n) is 22.1. The van der Waals surface area contributed by atoms with Crippen molar-refractivity contribution in [1.29, 1.82) is 0 Å². The van der Waals surface area contributed by atoms with Crippen molar-refractivity contribution in [2.75, 3.05) is 26.2 Å². The number of carbonyl (C=O) groups is 4. The average Bonchev–Trinajstić information content (AvgIpc) is 4.25. The number of benzene rings is 3. The third kappa shape index (κ3) is 6.27. The lowest BCUT2D eigenvalue weighted by atomic mass is 9.48. The van der Waals surface area contributed by atoms with E-state index in [1.54, 1.807) is 6.07 Å². The summed E-state index contributed by atoms with van der Waals surface area (Å²) in [4.78, 5) is 58.5. The van der Waals surface area contributed by atoms with E-state index in [0.29, 0.717) is 81.2 Å². The normalized spacial score (nSPS) is 35.8. The van der Waals surface area contributed by atoms with Crippen molar-refractivity contribution in [2.24, 2.45) is 17.3 Å². The molecular formula is C55H60N2O10. The van der Waals surface area contributed by atoms with Crippen LogP contribution in [0.4, 0.5) is 0 Å². The van der Waals surface area contributed by atoms with Gasteiger partial charge in [0.05, 0.1) is 22.0 Å². The minimum absolute atomic E-state index is 0.0115. The molecule has 3 heterocycles. The Morgan fingerprint density at radius 1 is 0.731 bits per heavy atom. The third-order valence-corrected chi connectivity index (χ3v) is 18.5. The Morgan fingerprint density at radius 3 is 2.01 bits per heavy atom. The number of Topliss-reactive ketones (excluding diaryl/α,β-unsaturated/α-hetero) is 2. The Morgan fingerprint density at radius 2 is 1.34 bits per heavy atom. The maximum atomic E-state index is 13.5. The van der Waals surface area contributed by atoms with Gasteiger partial charge in [0.25, 0.3) is 0 Å². The first-order valence-electron chi connectivity index (χ1n) is 25.2. The number of hydrogen-bond donors (Lipinski definition) is 3. The van der Waals surface area contributed by atoms with Gasteiger partial charge in [0.1, 0.15) is 12.2 Å². The van der Waals surface area contributed by atoms with Crippen LogP contribution in [0.1, 0.15) is 106 Å². The van der Waals surface area contributed by atoms with Crippen LogP contribution < -0.4 is 9.47 Å². The van der Waals surface area contributed by atoms with Crippen molar-refractivity contribution in [3.05, 3.63) is 94.1 Å². The van der Waals surface area contributed by atoms with Crippen molar-refractivity contribution in [2.45, 2.75) is 150 Å². The van der Waals surface area contributed by atoms with Gasteiger partial charge < -0.3 is 29.5 Å². The Kier molecular flexibility index (Phi) is 9.58. The van der Waals surface area contributed by atoms with E-state index in [4.69, 9.17) is 14.2 Å². The lowest BCUT2D eigenvalue weighted by Gasteiger charge is -2.65. The number of aryl methyl sites for hydroxylation is 2. The van der Waals surface area contributed by atoms with Gasteiger partial charge in [-0.3, -0.25) is 29.0 Å². The molecule has 12 nitrogen and oxygen atoms in total. The number of carbonyl (C=O) groups excluding carboxylic acids is 4. The largest absolute Gasteiger partial charge is 0.477 e. The summed E-state index contributed by atoms with van der Waals surface area (Å²) in [5.41, 5.74) is 1.25. The van der Waals surface area contributed by atoms with Crippen LogP contribution in [0.15, 0.2) is 71.8 Å². The fourth-order valence-electron chi connectivity index (χ4n) is 14.9. The summed E-state index contributed by atoms with van der Waals surface area (Å²) in [5.74, 6) is 1.09. The second kappa shape index (κ2) is 15.1. The van der Waals surface area contributed by atoms with Crippen LogP contribution in [0.3, 0.4) is 0 Å². The highest BCUT2D eigenvalue weighted by atomic mass is 16.6. The highest BCUT2D eigenvalue weighted by Crippen LogP contribution is 2.66. The smallest absolute Gasteiger partial charge is 0.311 e. The molecule has 1 spiro atoms. The fourth-order valence-corrected chi connectivity index (χ4v) is 14.9. The van der Waals surface area contributed by atoms with E-state index in [0.717, 1.165) is 63.8 Å². The molecular weight excluding hydrogens is 849 g/mol. The summed E-state index contributed by atoms with van der Waals surface area (Å²) in [6.07, 6.45) is 10.6. The van der Waals surface area contributed by atoms with Crippen molar-refractivity contribution in [1.82, 2.24) is 9.80 Å². The number of aliphatic hydroxyl groups is 3. The summed E-state index contributed by atoms with van der Waals surface area (Å²) >= 11 is 0. The molecule has 350 valence electrons. The zero-order valence-corrected chi connectivity index (χ0v) is 38.1. The number of allylic oxidation sites excluding steroid dienone is 1. The van der Waals surface area contributed by atoms with E-state index in [1.807, 2.05) is 42.5 Å².